The molecule has 0 unspecified atom stereocenters. The number of rotatable bonds is 7. The van der Waals surface area contributed by atoms with Gasteiger partial charge in [0, 0.05) is 11.5 Å². The first-order valence-electron chi connectivity index (χ1n) is 8.37. The first-order valence-corrected chi connectivity index (χ1v) is 8.37. The molecule has 1 heterocycles. The molecule has 128 valence electrons. The van der Waals surface area contributed by atoms with Crippen molar-refractivity contribution in [3.8, 4) is 0 Å². The minimum Gasteiger partial charge on any atom is -0.393 e. The van der Waals surface area contributed by atoms with Crippen LogP contribution in [0.2, 0.25) is 0 Å². The molecule has 2 atom stereocenters. The van der Waals surface area contributed by atoms with E-state index in [-0.39, 0.29) is 18.3 Å². The molecule has 0 radical (unpaired) electrons. The number of fused-ring (bicyclic) bond motifs is 1. The van der Waals surface area contributed by atoms with Crippen molar-refractivity contribution >= 4 is 16.6 Å². The maximum absolute atomic E-state index is 13.0. The van der Waals surface area contributed by atoms with Crippen LogP contribution in [-0.4, -0.2) is 42.3 Å². The summed E-state index contributed by atoms with van der Waals surface area (Å²) < 4.78 is 5.31. The third-order valence-electron chi connectivity index (χ3n) is 5.28. The standard InChI is InChI=1S/C20H25NO3/c1-19(2,21-3)17(18(23)20(12-22)13-24-20)11-14-8-9-15-6-4-5-7-16(15)10-14/h4-10,17,21-22H,11-13H2,1-3H3/t17-,20+/m0/s1. The summed E-state index contributed by atoms with van der Waals surface area (Å²) in [6.07, 6.45) is 0.614. The molecule has 0 aromatic heterocycles. The van der Waals surface area contributed by atoms with Crippen molar-refractivity contribution in [2.24, 2.45) is 5.92 Å². The molecule has 1 fully saturated rings. The number of carbonyl (C=O) groups excluding carboxylic acids is 1. The quantitative estimate of drug-likeness (QED) is 0.766. The fraction of sp³-hybridized carbons (Fsp3) is 0.450. The summed E-state index contributed by atoms with van der Waals surface area (Å²) in [5.41, 5.74) is -0.268. The van der Waals surface area contributed by atoms with Gasteiger partial charge in [0.15, 0.2) is 11.4 Å². The highest BCUT2D eigenvalue weighted by atomic mass is 16.6. The first kappa shape index (κ1) is 17.1. The normalized spacial score (nSPS) is 21.7. The molecule has 2 aromatic rings. The van der Waals surface area contributed by atoms with E-state index in [1.807, 2.05) is 33.0 Å². The molecule has 24 heavy (non-hydrogen) atoms. The summed E-state index contributed by atoms with van der Waals surface area (Å²) >= 11 is 0. The van der Waals surface area contributed by atoms with Gasteiger partial charge in [0.2, 0.25) is 0 Å². The number of Topliss-reactive ketones (excluding diaryl/α,β-unsaturated/α-hetero) is 1. The number of hydrogen-bond acceptors (Lipinski definition) is 4. The van der Waals surface area contributed by atoms with Crippen LogP contribution in [0.5, 0.6) is 0 Å². The lowest BCUT2D eigenvalue weighted by atomic mass is 9.76. The lowest BCUT2D eigenvalue weighted by molar-refractivity contribution is -0.131. The molecule has 3 rings (SSSR count). The number of benzene rings is 2. The van der Waals surface area contributed by atoms with Crippen molar-refractivity contribution in [2.45, 2.75) is 31.4 Å². The second kappa shape index (κ2) is 6.28. The highest BCUT2D eigenvalue weighted by Crippen LogP contribution is 2.35. The second-order valence-corrected chi connectivity index (χ2v) is 7.22. The van der Waals surface area contributed by atoms with Crippen LogP contribution in [0.3, 0.4) is 0 Å². The van der Waals surface area contributed by atoms with Gasteiger partial charge in [0.05, 0.1) is 13.2 Å². The number of ketones is 1. The van der Waals surface area contributed by atoms with Gasteiger partial charge in [-0.3, -0.25) is 4.79 Å². The molecule has 1 saturated heterocycles. The van der Waals surface area contributed by atoms with Crippen molar-refractivity contribution in [3.05, 3.63) is 48.0 Å². The molecule has 0 spiro atoms. The second-order valence-electron chi connectivity index (χ2n) is 7.22. The van der Waals surface area contributed by atoms with Gasteiger partial charge in [-0.05, 0) is 43.7 Å². The van der Waals surface area contributed by atoms with Gasteiger partial charge in [-0.25, -0.2) is 0 Å². The van der Waals surface area contributed by atoms with Crippen molar-refractivity contribution in [1.29, 1.82) is 0 Å². The number of nitrogens with one attached hydrogen (secondary N) is 1. The third-order valence-corrected chi connectivity index (χ3v) is 5.28. The van der Waals surface area contributed by atoms with E-state index in [0.717, 1.165) is 5.56 Å². The van der Waals surface area contributed by atoms with Crippen molar-refractivity contribution in [1.82, 2.24) is 5.32 Å². The van der Waals surface area contributed by atoms with Crippen LogP contribution < -0.4 is 5.32 Å². The van der Waals surface area contributed by atoms with Gasteiger partial charge in [-0.15, -0.1) is 0 Å². The molecule has 4 heteroatoms. The lowest BCUT2D eigenvalue weighted by Gasteiger charge is -2.34. The predicted octanol–water partition coefficient (Wildman–Crippen LogP) is 2.33. The van der Waals surface area contributed by atoms with E-state index < -0.39 is 11.1 Å². The number of aliphatic hydroxyl groups is 1. The van der Waals surface area contributed by atoms with Gasteiger partial charge in [-0.2, -0.15) is 0 Å². The maximum Gasteiger partial charge on any atom is 0.174 e. The van der Waals surface area contributed by atoms with Gasteiger partial charge in [-0.1, -0.05) is 42.5 Å². The van der Waals surface area contributed by atoms with Crippen LogP contribution in [0.1, 0.15) is 19.4 Å². The van der Waals surface area contributed by atoms with Crippen LogP contribution >= 0.6 is 0 Å². The minimum absolute atomic E-state index is 0.0162. The highest BCUT2D eigenvalue weighted by molar-refractivity contribution is 5.93. The number of ether oxygens (including phenoxy) is 1. The van der Waals surface area contributed by atoms with Gasteiger partial charge in [0.1, 0.15) is 0 Å². The van der Waals surface area contributed by atoms with Crippen LogP contribution in [0.25, 0.3) is 10.8 Å². The molecule has 0 bridgehead atoms. The Morgan fingerprint density at radius 2 is 1.96 bits per heavy atom. The SMILES string of the molecule is CNC(C)(C)[C@@H](Cc1ccc2ccccc2c1)C(=O)[C@@]1(CO)CO1. The Morgan fingerprint density at radius 1 is 1.29 bits per heavy atom. The number of aliphatic hydroxyl groups excluding tert-OH is 1. The molecular weight excluding hydrogens is 302 g/mol. The fourth-order valence-electron chi connectivity index (χ4n) is 3.17. The average molecular weight is 327 g/mol. The van der Waals surface area contributed by atoms with Gasteiger partial charge in [0.25, 0.3) is 0 Å². The zero-order valence-corrected chi connectivity index (χ0v) is 14.5. The van der Waals surface area contributed by atoms with Crippen LogP contribution in [0.4, 0.5) is 0 Å². The van der Waals surface area contributed by atoms with E-state index >= 15 is 0 Å². The van der Waals surface area contributed by atoms with E-state index in [4.69, 9.17) is 4.74 Å². The maximum atomic E-state index is 13.0. The summed E-state index contributed by atoms with van der Waals surface area (Å²) in [5, 5.41) is 15.2. The zero-order valence-electron chi connectivity index (χ0n) is 14.5. The molecule has 0 saturated carbocycles. The Morgan fingerprint density at radius 3 is 2.54 bits per heavy atom. The molecule has 2 N–H and O–H groups in total. The van der Waals surface area contributed by atoms with Gasteiger partial charge < -0.3 is 15.2 Å². The Labute approximate surface area is 142 Å². The van der Waals surface area contributed by atoms with Crippen LogP contribution in [0.15, 0.2) is 42.5 Å². The molecule has 0 aliphatic carbocycles. The summed E-state index contributed by atoms with van der Waals surface area (Å²) in [6, 6.07) is 14.5. The topological polar surface area (TPSA) is 61.9 Å². The van der Waals surface area contributed by atoms with E-state index in [0.29, 0.717) is 13.0 Å². The molecule has 1 aliphatic heterocycles. The van der Waals surface area contributed by atoms with E-state index in [1.54, 1.807) is 0 Å². The Balaban J connectivity index is 1.92. The van der Waals surface area contributed by atoms with Crippen molar-refractivity contribution in [2.75, 3.05) is 20.3 Å². The summed E-state index contributed by atoms with van der Waals surface area (Å²) in [5.74, 6) is -0.296. The van der Waals surface area contributed by atoms with Crippen LogP contribution in [0, 0.1) is 5.92 Å². The molecular formula is C20H25NO3. The van der Waals surface area contributed by atoms with Crippen molar-refractivity contribution in [3.63, 3.8) is 0 Å². The fourth-order valence-corrected chi connectivity index (χ4v) is 3.17. The monoisotopic (exact) mass is 327 g/mol. The Hall–Kier alpha value is -1.75. The molecule has 2 aromatic carbocycles. The predicted molar refractivity (Wildman–Crippen MR) is 95.1 cm³/mol. The highest BCUT2D eigenvalue weighted by Gasteiger charge is 2.55. The third kappa shape index (κ3) is 3.09. The number of epoxide rings is 1. The van der Waals surface area contributed by atoms with Crippen molar-refractivity contribution < 1.29 is 14.6 Å². The summed E-state index contributed by atoms with van der Waals surface area (Å²) in [6.45, 7) is 4.10. The smallest absolute Gasteiger partial charge is 0.174 e. The lowest BCUT2D eigenvalue weighted by Crippen LogP contribution is -2.52. The van der Waals surface area contributed by atoms with Gasteiger partial charge >= 0.3 is 0 Å². The Kier molecular flexibility index (Phi) is 4.47. The average Bonchev–Trinajstić information content (AvgIpc) is 3.40. The largest absolute Gasteiger partial charge is 0.393 e. The molecule has 4 nitrogen and oxygen atoms in total. The first-order chi connectivity index (χ1) is 11.4. The minimum atomic E-state index is -0.990. The zero-order chi connectivity index (χ0) is 17.4. The molecule has 1 aliphatic rings. The number of carbonyl (C=O) groups is 1. The summed E-state index contributed by atoms with van der Waals surface area (Å²) in [7, 11) is 1.86. The van der Waals surface area contributed by atoms with E-state index in [9.17, 15) is 9.90 Å². The summed E-state index contributed by atoms with van der Waals surface area (Å²) in [4.78, 5) is 13.0. The van der Waals surface area contributed by atoms with E-state index in [2.05, 4.69) is 35.6 Å². The molecule has 0 amide bonds. The van der Waals surface area contributed by atoms with E-state index in [1.165, 1.54) is 10.8 Å². The Bertz CT molecular complexity index is 749. The number of hydrogen-bond donors (Lipinski definition) is 2. The van der Waals surface area contributed by atoms with Crippen LogP contribution in [-0.2, 0) is 16.0 Å².